The van der Waals surface area contributed by atoms with E-state index in [1.165, 1.54) is 12.1 Å². The van der Waals surface area contributed by atoms with Crippen molar-refractivity contribution in [3.8, 4) is 11.4 Å². The van der Waals surface area contributed by atoms with Crippen LogP contribution >= 0.6 is 0 Å². The number of hydrogen-bond acceptors (Lipinski definition) is 3. The summed E-state index contributed by atoms with van der Waals surface area (Å²) in [5, 5.41) is 3.17. The molecule has 1 aromatic carbocycles. The molecule has 1 aromatic heterocycles. The van der Waals surface area contributed by atoms with Crippen molar-refractivity contribution < 1.29 is 14.0 Å². The van der Waals surface area contributed by atoms with E-state index in [2.05, 4.69) is 9.88 Å². The molecule has 6 nitrogen and oxygen atoms in total. The first kappa shape index (κ1) is 20.2. The Labute approximate surface area is 181 Å². The van der Waals surface area contributed by atoms with E-state index in [1.807, 2.05) is 4.90 Å². The maximum Gasteiger partial charge on any atom is 0.272 e. The van der Waals surface area contributed by atoms with E-state index in [-0.39, 0.29) is 29.6 Å². The number of nitrogens with zero attached hydrogens (tertiary/aromatic N) is 3. The van der Waals surface area contributed by atoms with Crippen LogP contribution in [0.2, 0.25) is 0 Å². The van der Waals surface area contributed by atoms with Gasteiger partial charge in [-0.05, 0) is 69.2 Å². The number of benzene rings is 1. The summed E-state index contributed by atoms with van der Waals surface area (Å²) in [5.41, 5.74) is 2.31. The van der Waals surface area contributed by atoms with Crippen LogP contribution in [-0.2, 0) is 17.8 Å². The second-order valence-electron chi connectivity index (χ2n) is 9.05. The average Bonchev–Trinajstić information content (AvgIpc) is 3.60. The highest BCUT2D eigenvalue weighted by Crippen LogP contribution is 2.32. The van der Waals surface area contributed by atoms with Crippen molar-refractivity contribution >= 4 is 11.8 Å². The van der Waals surface area contributed by atoms with Crippen molar-refractivity contribution in [1.29, 1.82) is 0 Å². The Morgan fingerprint density at radius 2 is 1.71 bits per heavy atom. The fraction of sp³-hybridized carbons (Fsp3) is 0.542. The monoisotopic (exact) mass is 424 g/mol. The Hall–Kier alpha value is -2.70. The number of carbonyl (C=O) groups excluding carboxylic acids is 2. The normalized spacial score (nSPS) is 19.6. The summed E-state index contributed by atoms with van der Waals surface area (Å²) < 4.78 is 15.6. The third-order valence-electron chi connectivity index (χ3n) is 6.75. The Bertz CT molecular complexity index is 972. The lowest BCUT2D eigenvalue weighted by molar-refractivity contribution is -0.133. The van der Waals surface area contributed by atoms with Gasteiger partial charge in [-0.15, -0.1) is 0 Å². The largest absolute Gasteiger partial charge is 0.348 e. The standard InChI is InChI=1S/C24H29FN4O2/c25-18-9-7-16(8-10-18)22-27-21(20-4-2-1-3-13-29(20)22)23(30)26-19-11-14-28(15-12-19)24(31)17-5-6-17/h7-10,17,19H,1-6,11-15H2,(H,26,30). The van der Waals surface area contributed by atoms with Gasteiger partial charge in [0.25, 0.3) is 5.91 Å². The van der Waals surface area contributed by atoms with E-state index in [4.69, 9.17) is 4.98 Å². The first-order valence-electron chi connectivity index (χ1n) is 11.5. The molecule has 1 saturated carbocycles. The average molecular weight is 425 g/mol. The molecule has 0 unspecified atom stereocenters. The molecule has 0 radical (unpaired) electrons. The van der Waals surface area contributed by atoms with Gasteiger partial charge in [-0.2, -0.15) is 0 Å². The molecule has 7 heteroatoms. The first-order chi connectivity index (χ1) is 15.1. The minimum Gasteiger partial charge on any atom is -0.348 e. The van der Waals surface area contributed by atoms with E-state index >= 15 is 0 Å². The van der Waals surface area contributed by atoms with Crippen LogP contribution in [0.15, 0.2) is 24.3 Å². The van der Waals surface area contributed by atoms with Crippen LogP contribution in [0.1, 0.15) is 61.1 Å². The Kier molecular flexibility index (Phi) is 5.50. The molecule has 1 saturated heterocycles. The van der Waals surface area contributed by atoms with Gasteiger partial charge in [0.2, 0.25) is 5.91 Å². The lowest BCUT2D eigenvalue weighted by Gasteiger charge is -2.32. The Balaban J connectivity index is 1.33. The van der Waals surface area contributed by atoms with Crippen LogP contribution in [0.5, 0.6) is 0 Å². The van der Waals surface area contributed by atoms with Gasteiger partial charge in [-0.1, -0.05) is 6.42 Å². The molecule has 0 spiro atoms. The maximum atomic E-state index is 13.4. The predicted octanol–water partition coefficient (Wildman–Crippen LogP) is 3.55. The van der Waals surface area contributed by atoms with Gasteiger partial charge in [-0.3, -0.25) is 9.59 Å². The van der Waals surface area contributed by atoms with Crippen molar-refractivity contribution in [2.24, 2.45) is 5.92 Å². The molecule has 0 bridgehead atoms. The van der Waals surface area contributed by atoms with Crippen molar-refractivity contribution in [2.45, 2.75) is 64.0 Å². The number of likely N-dealkylation sites (tertiary alicyclic amines) is 1. The van der Waals surface area contributed by atoms with Crippen molar-refractivity contribution in [2.75, 3.05) is 13.1 Å². The minimum atomic E-state index is -0.282. The van der Waals surface area contributed by atoms with E-state index in [1.54, 1.807) is 12.1 Å². The number of hydrogen-bond donors (Lipinski definition) is 1. The third-order valence-corrected chi connectivity index (χ3v) is 6.75. The fourth-order valence-corrected chi connectivity index (χ4v) is 4.81. The molecule has 3 aliphatic rings. The second-order valence-corrected chi connectivity index (χ2v) is 9.05. The van der Waals surface area contributed by atoms with Crippen LogP contribution < -0.4 is 5.32 Å². The smallest absolute Gasteiger partial charge is 0.272 e. The van der Waals surface area contributed by atoms with Crippen molar-refractivity contribution in [1.82, 2.24) is 19.8 Å². The van der Waals surface area contributed by atoms with Gasteiger partial charge in [0, 0.05) is 37.2 Å². The van der Waals surface area contributed by atoms with Crippen LogP contribution in [0.3, 0.4) is 0 Å². The molecule has 2 fully saturated rings. The zero-order valence-corrected chi connectivity index (χ0v) is 17.8. The summed E-state index contributed by atoms with van der Waals surface area (Å²) in [5.74, 6) is 0.860. The predicted molar refractivity (Wildman–Crippen MR) is 115 cm³/mol. The number of fused-ring (bicyclic) bond motifs is 1. The van der Waals surface area contributed by atoms with Gasteiger partial charge < -0.3 is 14.8 Å². The molecule has 1 N–H and O–H groups in total. The minimum absolute atomic E-state index is 0.0631. The summed E-state index contributed by atoms with van der Waals surface area (Å²) in [6.45, 7) is 2.24. The van der Waals surface area contributed by atoms with Crippen LogP contribution in [0.4, 0.5) is 4.39 Å². The SMILES string of the molecule is O=C(NC1CCN(C(=O)C2CC2)CC1)c1nc(-c2ccc(F)cc2)n2c1CCCCC2. The number of piperidine rings is 1. The number of carbonyl (C=O) groups is 2. The summed E-state index contributed by atoms with van der Waals surface area (Å²) in [7, 11) is 0. The van der Waals surface area contributed by atoms with E-state index in [9.17, 15) is 14.0 Å². The van der Waals surface area contributed by atoms with Gasteiger partial charge in [-0.25, -0.2) is 9.37 Å². The van der Waals surface area contributed by atoms with E-state index in [0.717, 1.165) is 75.0 Å². The molecule has 3 heterocycles. The zero-order chi connectivity index (χ0) is 21.4. The van der Waals surface area contributed by atoms with Crippen LogP contribution in [0.25, 0.3) is 11.4 Å². The molecule has 0 atom stereocenters. The van der Waals surface area contributed by atoms with Gasteiger partial charge >= 0.3 is 0 Å². The molecule has 2 aromatic rings. The van der Waals surface area contributed by atoms with Crippen LogP contribution in [0, 0.1) is 11.7 Å². The van der Waals surface area contributed by atoms with Crippen LogP contribution in [-0.4, -0.2) is 45.4 Å². The number of halogens is 1. The van der Waals surface area contributed by atoms with E-state index < -0.39 is 0 Å². The lowest BCUT2D eigenvalue weighted by atomic mass is 10.0. The number of aromatic nitrogens is 2. The molecule has 5 rings (SSSR count). The summed E-state index contributed by atoms with van der Waals surface area (Å²) in [4.78, 5) is 32.2. The van der Waals surface area contributed by atoms with Crippen molar-refractivity contribution in [3.05, 3.63) is 41.5 Å². The quantitative estimate of drug-likeness (QED) is 0.816. The highest BCUT2D eigenvalue weighted by molar-refractivity contribution is 5.94. The third kappa shape index (κ3) is 4.23. The summed E-state index contributed by atoms with van der Waals surface area (Å²) in [6.07, 6.45) is 7.65. The van der Waals surface area contributed by atoms with Gasteiger partial charge in [0.05, 0.1) is 5.69 Å². The number of nitrogens with one attached hydrogen (secondary N) is 1. The Morgan fingerprint density at radius 3 is 2.42 bits per heavy atom. The lowest BCUT2D eigenvalue weighted by Crippen LogP contribution is -2.47. The maximum absolute atomic E-state index is 13.4. The summed E-state index contributed by atoms with van der Waals surface area (Å²) >= 11 is 0. The molecule has 2 aliphatic heterocycles. The van der Waals surface area contributed by atoms with Gasteiger partial charge in [0.15, 0.2) is 0 Å². The molecular weight excluding hydrogens is 395 g/mol. The highest BCUT2D eigenvalue weighted by atomic mass is 19.1. The fourth-order valence-electron chi connectivity index (χ4n) is 4.81. The zero-order valence-electron chi connectivity index (χ0n) is 17.8. The summed E-state index contributed by atoms with van der Waals surface area (Å²) in [6, 6.07) is 6.39. The first-order valence-corrected chi connectivity index (χ1v) is 11.5. The number of imidazole rings is 1. The number of amides is 2. The Morgan fingerprint density at radius 1 is 0.968 bits per heavy atom. The molecular formula is C24H29FN4O2. The topological polar surface area (TPSA) is 67.2 Å². The molecule has 31 heavy (non-hydrogen) atoms. The van der Waals surface area contributed by atoms with E-state index in [0.29, 0.717) is 18.8 Å². The van der Waals surface area contributed by atoms with Crippen molar-refractivity contribution in [3.63, 3.8) is 0 Å². The molecule has 164 valence electrons. The molecule has 2 amide bonds. The number of rotatable bonds is 4. The second kappa shape index (κ2) is 8.44. The highest BCUT2D eigenvalue weighted by Gasteiger charge is 2.35. The molecule has 1 aliphatic carbocycles. The van der Waals surface area contributed by atoms with Gasteiger partial charge in [0.1, 0.15) is 17.3 Å².